The van der Waals surface area contributed by atoms with Crippen molar-refractivity contribution >= 4 is 34.7 Å². The minimum atomic E-state index is -0.259. The largest absolute Gasteiger partial charge is 0.325 e. The molecule has 0 radical (unpaired) electrons. The third kappa shape index (κ3) is 4.95. The Bertz CT molecular complexity index is 977. The second-order valence-electron chi connectivity index (χ2n) is 7.88. The molecule has 0 aliphatic heterocycles. The van der Waals surface area contributed by atoms with Crippen LogP contribution in [-0.2, 0) is 11.2 Å². The van der Waals surface area contributed by atoms with Crippen LogP contribution in [0.15, 0.2) is 46.9 Å². The van der Waals surface area contributed by atoms with Crippen LogP contribution in [0.2, 0.25) is 0 Å². The van der Waals surface area contributed by atoms with Crippen molar-refractivity contribution in [1.29, 1.82) is 0 Å². The van der Waals surface area contributed by atoms with E-state index in [1.807, 2.05) is 38.1 Å². The number of hydrogen-bond donors (Lipinski definition) is 1. The molecule has 0 saturated heterocycles. The number of aryl methyl sites for hydroxylation is 1. The van der Waals surface area contributed by atoms with Crippen molar-refractivity contribution in [1.82, 2.24) is 14.8 Å². The van der Waals surface area contributed by atoms with Gasteiger partial charge in [0, 0.05) is 23.0 Å². The second kappa shape index (κ2) is 9.79. The lowest BCUT2D eigenvalue weighted by molar-refractivity contribution is -0.115. The van der Waals surface area contributed by atoms with E-state index < -0.39 is 0 Å². The van der Waals surface area contributed by atoms with Crippen molar-refractivity contribution < 1.29 is 4.79 Å². The van der Waals surface area contributed by atoms with Gasteiger partial charge in [-0.2, -0.15) is 0 Å². The van der Waals surface area contributed by atoms with Gasteiger partial charge in [-0.3, -0.25) is 4.79 Å². The van der Waals surface area contributed by atoms with Crippen molar-refractivity contribution in [2.24, 2.45) is 0 Å². The third-order valence-electron chi connectivity index (χ3n) is 5.64. The van der Waals surface area contributed by atoms with Gasteiger partial charge in [0.2, 0.25) is 5.91 Å². The molecule has 0 bridgehead atoms. The Morgan fingerprint density at radius 3 is 2.73 bits per heavy atom. The number of carbonyl (C=O) groups is 1. The summed E-state index contributed by atoms with van der Waals surface area (Å²) in [6, 6.07) is 12.5. The topological polar surface area (TPSA) is 59.8 Å². The predicted molar refractivity (Wildman–Crippen MR) is 124 cm³/mol. The highest BCUT2D eigenvalue weighted by atomic mass is 32.2. The molecule has 1 atom stereocenters. The molecule has 2 aromatic heterocycles. The van der Waals surface area contributed by atoms with Crippen molar-refractivity contribution in [3.8, 4) is 0 Å². The number of carbonyl (C=O) groups excluding carboxylic acids is 1. The first-order valence-corrected chi connectivity index (χ1v) is 12.4. The van der Waals surface area contributed by atoms with Crippen LogP contribution in [0.1, 0.15) is 61.3 Å². The summed E-state index contributed by atoms with van der Waals surface area (Å²) in [6.45, 7) is 3.95. The summed E-state index contributed by atoms with van der Waals surface area (Å²) in [5.74, 6) is 1.01. The van der Waals surface area contributed by atoms with Gasteiger partial charge in [0.1, 0.15) is 5.82 Å². The number of benzene rings is 1. The summed E-state index contributed by atoms with van der Waals surface area (Å²) < 4.78 is 2.32. The first-order chi connectivity index (χ1) is 14.6. The molecule has 1 fully saturated rings. The maximum absolute atomic E-state index is 12.8. The Balaban J connectivity index is 1.53. The van der Waals surface area contributed by atoms with Crippen LogP contribution >= 0.6 is 23.1 Å². The first-order valence-electron chi connectivity index (χ1n) is 10.6. The van der Waals surface area contributed by atoms with E-state index in [1.165, 1.54) is 35.9 Å². The van der Waals surface area contributed by atoms with Crippen molar-refractivity contribution in [3.63, 3.8) is 0 Å². The molecular formula is C23H28N4OS2. The second-order valence-corrected chi connectivity index (χ2v) is 10.2. The van der Waals surface area contributed by atoms with E-state index in [2.05, 4.69) is 37.6 Å². The normalized spacial score (nSPS) is 15.8. The standard InChI is InChI=1S/C23H28N4OS2/c1-16-9-6-7-13-20(16)24-22(28)17(2)30-23-26-25-21(15-19-12-8-14-29-19)27(23)18-10-4-3-5-11-18/h6-9,12-14,17-18H,3-5,10-11,15H2,1-2H3,(H,24,28). The molecule has 0 spiro atoms. The molecule has 1 unspecified atom stereocenters. The maximum Gasteiger partial charge on any atom is 0.237 e. The van der Waals surface area contributed by atoms with Crippen LogP contribution in [0.3, 0.4) is 0 Å². The Morgan fingerprint density at radius 1 is 1.20 bits per heavy atom. The lowest BCUT2D eigenvalue weighted by Crippen LogP contribution is -2.24. The summed E-state index contributed by atoms with van der Waals surface area (Å²) in [5, 5.41) is 14.8. The third-order valence-corrected chi connectivity index (χ3v) is 7.57. The molecule has 1 aliphatic carbocycles. The number of nitrogens with one attached hydrogen (secondary N) is 1. The monoisotopic (exact) mass is 440 g/mol. The number of hydrogen-bond acceptors (Lipinski definition) is 5. The van der Waals surface area contributed by atoms with Crippen LogP contribution in [-0.4, -0.2) is 25.9 Å². The fourth-order valence-corrected chi connectivity index (χ4v) is 5.58. The predicted octanol–water partition coefficient (Wildman–Crippen LogP) is 5.86. The number of rotatable bonds is 7. The van der Waals surface area contributed by atoms with Gasteiger partial charge in [0.25, 0.3) is 0 Å². The highest BCUT2D eigenvalue weighted by Crippen LogP contribution is 2.35. The number of amides is 1. The minimum absolute atomic E-state index is 0.00713. The highest BCUT2D eigenvalue weighted by molar-refractivity contribution is 8.00. The average Bonchev–Trinajstić information content (AvgIpc) is 3.41. The molecule has 7 heteroatoms. The molecule has 4 rings (SSSR count). The summed E-state index contributed by atoms with van der Waals surface area (Å²) in [7, 11) is 0. The van der Waals surface area contributed by atoms with E-state index in [9.17, 15) is 4.79 Å². The van der Waals surface area contributed by atoms with Gasteiger partial charge in [-0.25, -0.2) is 0 Å². The van der Waals surface area contributed by atoms with Crippen LogP contribution in [0.5, 0.6) is 0 Å². The van der Waals surface area contributed by atoms with Crippen LogP contribution in [0.25, 0.3) is 0 Å². The molecule has 1 saturated carbocycles. The van der Waals surface area contributed by atoms with Crippen molar-refractivity contribution in [2.75, 3.05) is 5.32 Å². The van der Waals surface area contributed by atoms with E-state index in [0.29, 0.717) is 6.04 Å². The van der Waals surface area contributed by atoms with Crippen LogP contribution in [0, 0.1) is 6.92 Å². The van der Waals surface area contributed by atoms with E-state index in [0.717, 1.165) is 41.5 Å². The number of thiophene rings is 1. The molecule has 1 N–H and O–H groups in total. The van der Waals surface area contributed by atoms with E-state index in [4.69, 9.17) is 0 Å². The lowest BCUT2D eigenvalue weighted by Gasteiger charge is -2.26. The fourth-order valence-electron chi connectivity index (χ4n) is 3.94. The van der Waals surface area contributed by atoms with Crippen LogP contribution < -0.4 is 5.32 Å². The Morgan fingerprint density at radius 2 is 2.00 bits per heavy atom. The molecular weight excluding hydrogens is 412 g/mol. The van der Waals surface area contributed by atoms with Gasteiger partial charge in [-0.05, 0) is 49.8 Å². The first kappa shape index (κ1) is 21.1. The molecule has 5 nitrogen and oxygen atoms in total. The number of thioether (sulfide) groups is 1. The Kier molecular flexibility index (Phi) is 6.89. The number of nitrogens with zero attached hydrogens (tertiary/aromatic N) is 3. The molecule has 3 aromatic rings. The van der Waals surface area contributed by atoms with Crippen molar-refractivity contribution in [3.05, 3.63) is 58.0 Å². The number of aromatic nitrogens is 3. The average molecular weight is 441 g/mol. The zero-order valence-electron chi connectivity index (χ0n) is 17.5. The summed E-state index contributed by atoms with van der Waals surface area (Å²) in [5.41, 5.74) is 1.92. The molecule has 1 aromatic carbocycles. The van der Waals surface area contributed by atoms with Gasteiger partial charge < -0.3 is 9.88 Å². The molecule has 2 heterocycles. The van der Waals surface area contributed by atoms with Gasteiger partial charge in [-0.15, -0.1) is 21.5 Å². The van der Waals surface area contributed by atoms with E-state index >= 15 is 0 Å². The van der Waals surface area contributed by atoms with Crippen LogP contribution in [0.4, 0.5) is 5.69 Å². The van der Waals surface area contributed by atoms with E-state index in [-0.39, 0.29) is 11.2 Å². The smallest absolute Gasteiger partial charge is 0.237 e. The van der Waals surface area contributed by atoms with Gasteiger partial charge in [-0.1, -0.05) is 55.3 Å². The van der Waals surface area contributed by atoms with Gasteiger partial charge in [0.15, 0.2) is 5.16 Å². The molecule has 1 amide bonds. The van der Waals surface area contributed by atoms with E-state index in [1.54, 1.807) is 11.3 Å². The quantitative estimate of drug-likeness (QED) is 0.467. The summed E-state index contributed by atoms with van der Waals surface area (Å²) >= 11 is 3.26. The molecule has 158 valence electrons. The van der Waals surface area contributed by atoms with Crippen molar-refractivity contribution in [2.45, 2.75) is 68.8 Å². The zero-order valence-corrected chi connectivity index (χ0v) is 19.1. The number of para-hydroxylation sites is 1. The Labute approximate surface area is 186 Å². The SMILES string of the molecule is Cc1ccccc1NC(=O)C(C)Sc1nnc(Cc2cccs2)n1C1CCCCC1. The number of anilines is 1. The highest BCUT2D eigenvalue weighted by Gasteiger charge is 2.26. The summed E-state index contributed by atoms with van der Waals surface area (Å²) in [6.07, 6.45) is 6.91. The lowest BCUT2D eigenvalue weighted by atomic mass is 9.95. The molecule has 30 heavy (non-hydrogen) atoms. The summed E-state index contributed by atoms with van der Waals surface area (Å²) in [4.78, 5) is 14.1. The molecule has 1 aliphatic rings. The fraction of sp³-hybridized carbons (Fsp3) is 0.435. The van der Waals surface area contributed by atoms with Gasteiger partial charge in [0.05, 0.1) is 5.25 Å². The Hall–Kier alpha value is -2.12. The van der Waals surface area contributed by atoms with Gasteiger partial charge >= 0.3 is 0 Å². The maximum atomic E-state index is 12.8. The minimum Gasteiger partial charge on any atom is -0.325 e. The zero-order chi connectivity index (χ0) is 20.9.